The molecule has 0 fully saturated rings. The van der Waals surface area contributed by atoms with Gasteiger partial charge in [-0.1, -0.05) is 141 Å². The Hall–Kier alpha value is -1.58. The second-order valence-corrected chi connectivity index (χ2v) is 10.4. The van der Waals surface area contributed by atoms with Gasteiger partial charge in [0.15, 0.2) is 0 Å². The third kappa shape index (κ3) is 25.5. The van der Waals surface area contributed by atoms with Gasteiger partial charge in [-0.25, -0.2) is 0 Å². The maximum absolute atomic E-state index is 11.6. The van der Waals surface area contributed by atoms with E-state index in [2.05, 4.69) is 25.7 Å². The molecule has 0 saturated carbocycles. The van der Waals surface area contributed by atoms with Crippen LogP contribution in [0.3, 0.4) is 0 Å². The lowest BCUT2D eigenvalue weighted by Gasteiger charge is -2.11. The topological polar surface area (TPSA) is 63.6 Å². The van der Waals surface area contributed by atoms with E-state index >= 15 is 0 Å². The number of unbranched alkanes of at least 4 members (excludes halogenated alkanes) is 19. The number of carboxylic acids is 1. The fourth-order valence-electron chi connectivity index (χ4n) is 4.60. The number of aliphatic carboxylic acids is 1. The summed E-state index contributed by atoms with van der Waals surface area (Å²) in [5.74, 6) is -2.03. The van der Waals surface area contributed by atoms with Gasteiger partial charge in [0.25, 0.3) is 0 Å². The van der Waals surface area contributed by atoms with Crippen molar-refractivity contribution in [1.82, 2.24) is 0 Å². The fourth-order valence-corrected chi connectivity index (χ4v) is 4.60. The third-order valence-electron chi connectivity index (χ3n) is 6.94. The molecule has 0 spiro atoms. The van der Waals surface area contributed by atoms with Gasteiger partial charge in [0.1, 0.15) is 6.61 Å². The number of carboxylic acid groups (broad SMARTS) is 1. The molecule has 0 aromatic heterocycles. The molecule has 0 rings (SSSR count). The first-order valence-electron chi connectivity index (χ1n) is 15.3. The molecule has 1 atom stereocenters. The quantitative estimate of drug-likeness (QED) is 0.0651. The largest absolute Gasteiger partial charge is 0.481 e. The smallest absolute Gasteiger partial charge is 0.307 e. The van der Waals surface area contributed by atoms with Crippen molar-refractivity contribution in [3.05, 3.63) is 24.8 Å². The van der Waals surface area contributed by atoms with E-state index in [1.165, 1.54) is 115 Å². The molecule has 0 aliphatic rings. The van der Waals surface area contributed by atoms with Gasteiger partial charge < -0.3 is 9.84 Å². The van der Waals surface area contributed by atoms with E-state index in [-0.39, 0.29) is 13.0 Å². The van der Waals surface area contributed by atoms with Gasteiger partial charge in [-0.15, -0.1) is 0 Å². The Balaban J connectivity index is 3.39. The highest BCUT2D eigenvalue weighted by Gasteiger charge is 2.21. The summed E-state index contributed by atoms with van der Waals surface area (Å²) < 4.78 is 4.89. The van der Waals surface area contributed by atoms with Crippen molar-refractivity contribution < 1.29 is 19.4 Å². The molecule has 4 nitrogen and oxygen atoms in total. The van der Waals surface area contributed by atoms with E-state index in [4.69, 9.17) is 4.74 Å². The summed E-state index contributed by atoms with van der Waals surface area (Å²) in [5, 5.41) is 9.28. The summed E-state index contributed by atoms with van der Waals surface area (Å²) in [4.78, 5) is 22.9. The zero-order valence-corrected chi connectivity index (χ0v) is 23.7. The van der Waals surface area contributed by atoms with Gasteiger partial charge in [0.2, 0.25) is 0 Å². The summed E-state index contributed by atoms with van der Waals surface area (Å²) in [7, 11) is 0. The molecule has 4 heteroatoms. The monoisotopic (exact) mass is 506 g/mol. The van der Waals surface area contributed by atoms with Crippen LogP contribution in [0.25, 0.3) is 0 Å². The molecule has 1 N–H and O–H groups in total. The van der Waals surface area contributed by atoms with Crippen molar-refractivity contribution in [2.75, 3.05) is 6.61 Å². The van der Waals surface area contributed by atoms with Crippen LogP contribution in [0.2, 0.25) is 0 Å². The van der Waals surface area contributed by atoms with Gasteiger partial charge in [-0.2, -0.15) is 0 Å². The normalized spacial score (nSPS) is 12.1. The Morgan fingerprint density at radius 2 is 1.11 bits per heavy atom. The minimum absolute atomic E-state index is 0.0572. The van der Waals surface area contributed by atoms with Crippen LogP contribution in [0.1, 0.15) is 155 Å². The van der Waals surface area contributed by atoms with Crippen LogP contribution in [0, 0.1) is 5.92 Å². The number of carbonyl (C=O) groups is 2. The zero-order valence-electron chi connectivity index (χ0n) is 23.7. The molecular weight excluding hydrogens is 448 g/mol. The standard InChI is InChI=1S/C32H58O4/c1-3-5-6-7-8-9-10-11-12-13-14-15-16-17-18-19-20-21-22-23-24-25-26-27-30(32(34)35)29-31(33)36-28-4-2/h4,22-23,30H,2-3,5-21,24-29H2,1H3,(H,34,35)/b23-22+. The molecule has 0 heterocycles. The Morgan fingerprint density at radius 1 is 0.694 bits per heavy atom. The molecule has 210 valence electrons. The second-order valence-electron chi connectivity index (χ2n) is 10.4. The first-order valence-corrected chi connectivity index (χ1v) is 15.3. The molecule has 0 aromatic rings. The summed E-state index contributed by atoms with van der Waals surface area (Å²) in [6.07, 6.45) is 34.2. The molecule has 36 heavy (non-hydrogen) atoms. The van der Waals surface area contributed by atoms with Crippen LogP contribution in [-0.2, 0) is 14.3 Å². The van der Waals surface area contributed by atoms with E-state index < -0.39 is 17.9 Å². The molecule has 0 radical (unpaired) electrons. The number of esters is 1. The maximum atomic E-state index is 11.6. The molecular formula is C32H58O4. The summed E-state index contributed by atoms with van der Waals surface area (Å²) >= 11 is 0. The molecule has 0 amide bonds. The van der Waals surface area contributed by atoms with Gasteiger partial charge in [0, 0.05) is 0 Å². The maximum Gasteiger partial charge on any atom is 0.307 e. The van der Waals surface area contributed by atoms with Crippen LogP contribution < -0.4 is 0 Å². The first-order chi connectivity index (χ1) is 17.6. The van der Waals surface area contributed by atoms with Crippen molar-refractivity contribution in [3.63, 3.8) is 0 Å². The predicted octanol–water partition coefficient (Wildman–Crippen LogP) is 9.96. The van der Waals surface area contributed by atoms with Gasteiger partial charge >= 0.3 is 11.9 Å². The number of allylic oxidation sites excluding steroid dienone is 2. The SMILES string of the molecule is C=CCOC(=O)CC(CCCC/C=C/CCCCCCCCCCCCCCCCCCC)C(=O)O. The first kappa shape index (κ1) is 34.4. The summed E-state index contributed by atoms with van der Waals surface area (Å²) in [5.41, 5.74) is 0. The Kier molecular flexibility index (Phi) is 26.8. The molecule has 0 bridgehead atoms. The van der Waals surface area contributed by atoms with E-state index in [1.807, 2.05) is 0 Å². The average molecular weight is 507 g/mol. The van der Waals surface area contributed by atoms with Crippen molar-refractivity contribution in [1.29, 1.82) is 0 Å². The lowest BCUT2D eigenvalue weighted by Crippen LogP contribution is -2.19. The van der Waals surface area contributed by atoms with Gasteiger partial charge in [0.05, 0.1) is 12.3 Å². The minimum Gasteiger partial charge on any atom is -0.481 e. The molecule has 0 aliphatic carbocycles. The van der Waals surface area contributed by atoms with E-state index in [0.29, 0.717) is 6.42 Å². The van der Waals surface area contributed by atoms with Gasteiger partial charge in [-0.3, -0.25) is 9.59 Å². The van der Waals surface area contributed by atoms with Crippen LogP contribution in [0.4, 0.5) is 0 Å². The van der Waals surface area contributed by atoms with Crippen LogP contribution in [0.5, 0.6) is 0 Å². The minimum atomic E-state index is -0.917. The second kappa shape index (κ2) is 28.0. The predicted molar refractivity (Wildman–Crippen MR) is 153 cm³/mol. The fraction of sp³-hybridized carbons (Fsp3) is 0.812. The lowest BCUT2D eigenvalue weighted by atomic mass is 9.98. The van der Waals surface area contributed by atoms with Gasteiger partial charge in [-0.05, 0) is 32.1 Å². The van der Waals surface area contributed by atoms with E-state index in [9.17, 15) is 14.7 Å². The summed E-state index contributed by atoms with van der Waals surface area (Å²) in [6.45, 7) is 5.90. The number of hydrogen-bond donors (Lipinski definition) is 1. The molecule has 1 unspecified atom stereocenters. The highest BCUT2D eigenvalue weighted by Crippen LogP contribution is 2.16. The van der Waals surface area contributed by atoms with Crippen molar-refractivity contribution >= 4 is 11.9 Å². The zero-order chi connectivity index (χ0) is 26.5. The number of rotatable bonds is 28. The van der Waals surface area contributed by atoms with Crippen LogP contribution in [-0.4, -0.2) is 23.7 Å². The van der Waals surface area contributed by atoms with Crippen molar-refractivity contribution in [2.24, 2.45) is 5.92 Å². The Labute approximate surface area is 223 Å². The molecule has 0 aromatic carbocycles. The lowest BCUT2D eigenvalue weighted by molar-refractivity contribution is -0.151. The highest BCUT2D eigenvalue weighted by atomic mass is 16.5. The van der Waals surface area contributed by atoms with Crippen LogP contribution >= 0.6 is 0 Å². The number of carbonyl (C=O) groups excluding carboxylic acids is 1. The summed E-state index contributed by atoms with van der Waals surface area (Å²) in [6, 6.07) is 0. The van der Waals surface area contributed by atoms with Crippen molar-refractivity contribution in [3.8, 4) is 0 Å². The average Bonchev–Trinajstić information content (AvgIpc) is 2.87. The third-order valence-corrected chi connectivity index (χ3v) is 6.94. The number of hydrogen-bond acceptors (Lipinski definition) is 3. The number of ether oxygens (including phenoxy) is 1. The molecule has 0 saturated heterocycles. The Morgan fingerprint density at radius 3 is 1.53 bits per heavy atom. The van der Waals surface area contributed by atoms with Crippen LogP contribution in [0.15, 0.2) is 24.8 Å². The van der Waals surface area contributed by atoms with Crippen molar-refractivity contribution in [2.45, 2.75) is 155 Å². The Bertz CT molecular complexity index is 540. The van der Waals surface area contributed by atoms with E-state index in [1.54, 1.807) is 0 Å². The van der Waals surface area contributed by atoms with E-state index in [0.717, 1.165) is 25.7 Å². The molecule has 0 aliphatic heterocycles. The highest BCUT2D eigenvalue weighted by molar-refractivity contribution is 5.78.